The van der Waals surface area contributed by atoms with Crippen molar-refractivity contribution in [3.63, 3.8) is 0 Å². The van der Waals surface area contributed by atoms with Gasteiger partial charge in [0.2, 0.25) is 0 Å². The van der Waals surface area contributed by atoms with Gasteiger partial charge in [-0.25, -0.2) is 0 Å². The van der Waals surface area contributed by atoms with Crippen LogP contribution in [0.15, 0.2) is 47.1 Å². The number of benzene rings is 1. The molecule has 0 saturated heterocycles. The average Bonchev–Trinajstić information content (AvgIpc) is 2.89. The van der Waals surface area contributed by atoms with Crippen LogP contribution in [0.2, 0.25) is 0 Å². The van der Waals surface area contributed by atoms with Gasteiger partial charge in [-0.2, -0.15) is 13.2 Å². The van der Waals surface area contributed by atoms with Crippen LogP contribution >= 0.6 is 0 Å². The van der Waals surface area contributed by atoms with E-state index in [0.717, 1.165) is 11.1 Å². The summed E-state index contributed by atoms with van der Waals surface area (Å²) in [5.74, 6) is -0.523. The van der Waals surface area contributed by atoms with Crippen molar-refractivity contribution >= 4 is 0 Å². The Morgan fingerprint density at radius 3 is 2.37 bits per heavy atom. The van der Waals surface area contributed by atoms with Crippen molar-refractivity contribution in [1.29, 1.82) is 0 Å². The van der Waals surface area contributed by atoms with E-state index in [2.05, 4.69) is 0 Å². The van der Waals surface area contributed by atoms with Gasteiger partial charge < -0.3 is 4.42 Å². The molecule has 1 saturated carbocycles. The zero-order valence-electron chi connectivity index (χ0n) is 10.4. The number of hydrogen-bond acceptors (Lipinski definition) is 1. The highest BCUT2D eigenvalue weighted by Gasteiger charge is 2.73. The lowest BCUT2D eigenvalue weighted by Gasteiger charge is -2.19. The third-order valence-corrected chi connectivity index (χ3v) is 3.91. The van der Waals surface area contributed by atoms with Gasteiger partial charge in [0.25, 0.3) is 0 Å². The molecule has 1 aliphatic rings. The molecule has 0 amide bonds. The molecule has 3 rings (SSSR count). The first kappa shape index (κ1) is 12.3. The van der Waals surface area contributed by atoms with Crippen molar-refractivity contribution in [2.75, 3.05) is 0 Å². The van der Waals surface area contributed by atoms with Crippen molar-refractivity contribution in [1.82, 2.24) is 0 Å². The summed E-state index contributed by atoms with van der Waals surface area (Å²) < 4.78 is 45.3. The Balaban J connectivity index is 2.00. The van der Waals surface area contributed by atoms with Gasteiger partial charge in [0.05, 0.1) is 6.26 Å². The molecule has 1 heterocycles. The van der Waals surface area contributed by atoms with E-state index in [-0.39, 0.29) is 12.2 Å². The Morgan fingerprint density at radius 1 is 1.16 bits per heavy atom. The lowest BCUT2D eigenvalue weighted by Crippen LogP contribution is -2.30. The maximum Gasteiger partial charge on any atom is 0.402 e. The molecular weight excluding hydrogens is 253 g/mol. The number of halogens is 3. The van der Waals surface area contributed by atoms with Crippen LogP contribution in [0.4, 0.5) is 13.2 Å². The molecule has 0 radical (unpaired) electrons. The molecule has 0 spiro atoms. The highest BCUT2D eigenvalue weighted by atomic mass is 19.4. The molecule has 1 aromatic heterocycles. The van der Waals surface area contributed by atoms with Crippen LogP contribution in [0.25, 0.3) is 0 Å². The monoisotopic (exact) mass is 266 g/mol. The maximum atomic E-state index is 13.4. The number of hydrogen-bond donors (Lipinski definition) is 0. The smallest absolute Gasteiger partial charge is 0.402 e. The minimum atomic E-state index is -4.29. The second-order valence-electron chi connectivity index (χ2n) is 5.11. The summed E-state index contributed by atoms with van der Waals surface area (Å²) in [6.45, 7) is 1.92. The van der Waals surface area contributed by atoms with Crippen molar-refractivity contribution in [2.45, 2.75) is 30.9 Å². The maximum absolute atomic E-state index is 13.4. The molecule has 1 aliphatic carbocycles. The van der Waals surface area contributed by atoms with E-state index in [0.29, 0.717) is 0 Å². The van der Waals surface area contributed by atoms with E-state index in [1.807, 2.05) is 19.1 Å². The first-order chi connectivity index (χ1) is 8.95. The van der Waals surface area contributed by atoms with Gasteiger partial charge >= 0.3 is 6.18 Å². The van der Waals surface area contributed by atoms with Gasteiger partial charge in [0.1, 0.15) is 11.2 Å². The fraction of sp³-hybridized carbons (Fsp3) is 0.333. The van der Waals surface area contributed by atoms with Crippen LogP contribution in [0.3, 0.4) is 0 Å². The molecule has 2 aromatic rings. The number of rotatable bonds is 2. The fourth-order valence-corrected chi connectivity index (χ4v) is 2.72. The summed E-state index contributed by atoms with van der Waals surface area (Å²) in [5, 5.41) is 0. The minimum absolute atomic E-state index is 0.0191. The van der Waals surface area contributed by atoms with E-state index >= 15 is 0 Å². The lowest BCUT2D eigenvalue weighted by atomic mass is 9.95. The zero-order chi connectivity index (χ0) is 13.7. The van der Waals surface area contributed by atoms with Gasteiger partial charge in [-0.1, -0.05) is 29.8 Å². The van der Waals surface area contributed by atoms with Crippen molar-refractivity contribution in [3.05, 3.63) is 59.5 Å². The summed E-state index contributed by atoms with van der Waals surface area (Å²) >= 11 is 0. The van der Waals surface area contributed by atoms with Crippen molar-refractivity contribution in [2.24, 2.45) is 0 Å². The largest absolute Gasteiger partial charge is 0.468 e. The first-order valence-electron chi connectivity index (χ1n) is 6.12. The average molecular weight is 266 g/mol. The Hall–Kier alpha value is -1.71. The van der Waals surface area contributed by atoms with E-state index in [1.54, 1.807) is 12.1 Å². The lowest BCUT2D eigenvalue weighted by molar-refractivity contribution is -0.166. The quantitative estimate of drug-likeness (QED) is 0.775. The van der Waals surface area contributed by atoms with E-state index in [9.17, 15) is 13.2 Å². The van der Waals surface area contributed by atoms with Crippen LogP contribution in [0, 0.1) is 6.92 Å². The van der Waals surface area contributed by atoms with E-state index in [1.165, 1.54) is 18.4 Å². The van der Waals surface area contributed by atoms with Crippen LogP contribution in [0.1, 0.15) is 29.2 Å². The molecule has 1 fully saturated rings. The SMILES string of the molecule is Cc1ccc([C@@H]2C[C@@]2(c2ccco2)C(F)(F)F)cc1. The minimum Gasteiger partial charge on any atom is -0.468 e. The molecule has 1 aromatic carbocycles. The van der Waals surface area contributed by atoms with E-state index in [4.69, 9.17) is 4.42 Å². The second-order valence-corrected chi connectivity index (χ2v) is 5.11. The van der Waals surface area contributed by atoms with Crippen LogP contribution in [-0.2, 0) is 5.41 Å². The van der Waals surface area contributed by atoms with Crippen LogP contribution < -0.4 is 0 Å². The Kier molecular flexibility index (Phi) is 2.52. The highest BCUT2D eigenvalue weighted by molar-refractivity contribution is 5.42. The summed E-state index contributed by atoms with van der Waals surface area (Å²) in [7, 11) is 0. The molecule has 1 nitrogen and oxygen atoms in total. The van der Waals surface area contributed by atoms with Gasteiger partial charge in [-0.05, 0) is 31.0 Å². The summed E-state index contributed by atoms with van der Waals surface area (Å²) in [6, 6.07) is 10.2. The summed E-state index contributed by atoms with van der Waals surface area (Å²) in [4.78, 5) is 0. The van der Waals surface area contributed by atoms with E-state index < -0.39 is 17.5 Å². The summed E-state index contributed by atoms with van der Waals surface area (Å²) in [5.41, 5.74) is -0.0782. The number of alkyl halides is 3. The molecule has 19 heavy (non-hydrogen) atoms. The topological polar surface area (TPSA) is 13.1 Å². The predicted molar refractivity (Wildman–Crippen MR) is 65.0 cm³/mol. The number of aryl methyl sites for hydroxylation is 1. The Labute approximate surface area is 109 Å². The molecule has 0 bridgehead atoms. The van der Waals surface area contributed by atoms with Crippen LogP contribution in [-0.4, -0.2) is 6.18 Å². The second kappa shape index (κ2) is 3.89. The van der Waals surface area contributed by atoms with Gasteiger partial charge in [-0.3, -0.25) is 0 Å². The molecular formula is C15H13F3O. The molecule has 0 N–H and O–H groups in total. The highest BCUT2D eigenvalue weighted by Crippen LogP contribution is 2.68. The molecule has 0 unspecified atom stereocenters. The first-order valence-corrected chi connectivity index (χ1v) is 6.12. The van der Waals surface area contributed by atoms with Gasteiger partial charge in [-0.15, -0.1) is 0 Å². The Morgan fingerprint density at radius 2 is 1.84 bits per heavy atom. The standard InChI is InChI=1S/C15H13F3O/c1-10-4-6-11(7-5-10)12-9-14(12,15(16,17)18)13-3-2-8-19-13/h2-8,12H,9H2,1H3/t12-,14+/m0/s1. The molecule has 2 atom stereocenters. The third kappa shape index (κ3) is 1.78. The zero-order valence-corrected chi connectivity index (χ0v) is 10.4. The Bertz CT molecular complexity index is 568. The van der Waals surface area contributed by atoms with Crippen molar-refractivity contribution < 1.29 is 17.6 Å². The molecule has 0 aliphatic heterocycles. The summed E-state index contributed by atoms with van der Waals surface area (Å²) in [6.07, 6.45) is -2.93. The third-order valence-electron chi connectivity index (χ3n) is 3.91. The molecule has 100 valence electrons. The van der Waals surface area contributed by atoms with Gasteiger partial charge in [0.15, 0.2) is 0 Å². The van der Waals surface area contributed by atoms with Crippen LogP contribution in [0.5, 0.6) is 0 Å². The van der Waals surface area contributed by atoms with Crippen molar-refractivity contribution in [3.8, 4) is 0 Å². The molecule has 4 heteroatoms. The normalized spacial score (nSPS) is 26.4. The fourth-order valence-electron chi connectivity index (χ4n) is 2.72. The predicted octanol–water partition coefficient (Wildman–Crippen LogP) is 4.58. The van der Waals surface area contributed by atoms with Gasteiger partial charge in [0, 0.05) is 5.92 Å². The number of furan rings is 1.